The predicted octanol–water partition coefficient (Wildman–Crippen LogP) is 1.11. The van der Waals surface area contributed by atoms with Gasteiger partial charge in [0.15, 0.2) is 11.9 Å². The predicted molar refractivity (Wildman–Crippen MR) is 80.3 cm³/mol. The average molecular weight is 315 g/mol. The van der Waals surface area contributed by atoms with Gasteiger partial charge in [-0.15, -0.1) is 0 Å². The van der Waals surface area contributed by atoms with E-state index in [-0.39, 0.29) is 35.4 Å². The van der Waals surface area contributed by atoms with E-state index >= 15 is 0 Å². The Morgan fingerprint density at radius 2 is 2.30 bits per heavy atom. The Labute approximate surface area is 135 Å². The van der Waals surface area contributed by atoms with Gasteiger partial charge >= 0.3 is 0 Å². The third kappa shape index (κ3) is 1.26. The van der Waals surface area contributed by atoms with Gasteiger partial charge in [0.05, 0.1) is 13.2 Å². The normalized spacial score (nSPS) is 55.2. The largest absolute Gasteiger partial charge is 0.493 e. The monoisotopic (exact) mass is 315 g/mol. The number of epoxide rings is 1. The molecule has 5 heteroatoms. The number of fused-ring (bicyclic) bond motifs is 1. The van der Waals surface area contributed by atoms with Crippen molar-refractivity contribution in [3.63, 3.8) is 0 Å². The molecule has 1 spiro atoms. The average Bonchev–Trinajstić information content (AvgIpc) is 3.27. The highest BCUT2D eigenvalue weighted by molar-refractivity contribution is 5.93. The molecule has 2 bridgehead atoms. The van der Waals surface area contributed by atoms with E-state index in [1.165, 1.54) is 0 Å². The van der Waals surface area contributed by atoms with Crippen molar-refractivity contribution in [1.29, 1.82) is 0 Å². The third-order valence-electron chi connectivity index (χ3n) is 7.41. The van der Waals surface area contributed by atoms with Crippen LogP contribution in [0.5, 0.6) is 0 Å². The summed E-state index contributed by atoms with van der Waals surface area (Å²) in [6.07, 6.45) is 6.04. The highest BCUT2D eigenvalue weighted by Gasteiger charge is 2.78. The van der Waals surface area contributed by atoms with Crippen molar-refractivity contribution < 1.29 is 19.0 Å². The van der Waals surface area contributed by atoms with Gasteiger partial charge in [0.25, 0.3) is 0 Å². The molecular weight excluding hydrogens is 294 g/mol. The first-order valence-electron chi connectivity index (χ1n) is 8.69. The van der Waals surface area contributed by atoms with Crippen LogP contribution in [-0.2, 0) is 19.0 Å². The van der Waals surface area contributed by atoms with Crippen LogP contribution in [0.1, 0.15) is 12.8 Å². The first-order chi connectivity index (χ1) is 11.2. The van der Waals surface area contributed by atoms with E-state index in [0.29, 0.717) is 17.9 Å². The molecule has 3 aliphatic carbocycles. The summed E-state index contributed by atoms with van der Waals surface area (Å²) in [5.74, 6) is 3.07. The number of ketones is 1. The van der Waals surface area contributed by atoms with Gasteiger partial charge in [0, 0.05) is 23.3 Å². The number of piperidine rings is 1. The summed E-state index contributed by atoms with van der Waals surface area (Å²) in [6.45, 7) is 1.04. The van der Waals surface area contributed by atoms with E-state index in [4.69, 9.17) is 14.2 Å². The fourth-order valence-electron chi connectivity index (χ4n) is 6.54. The van der Waals surface area contributed by atoms with Crippen molar-refractivity contribution in [2.24, 2.45) is 23.2 Å². The lowest BCUT2D eigenvalue weighted by molar-refractivity contribution is -0.153. The number of rotatable bonds is 1. The third-order valence-corrected chi connectivity index (χ3v) is 7.41. The first kappa shape index (κ1) is 13.0. The van der Waals surface area contributed by atoms with Gasteiger partial charge in [-0.05, 0) is 38.4 Å². The van der Waals surface area contributed by atoms with Gasteiger partial charge in [-0.25, -0.2) is 0 Å². The molecule has 0 radical (unpaired) electrons. The minimum absolute atomic E-state index is 0.0846. The summed E-state index contributed by atoms with van der Waals surface area (Å²) in [5, 5.41) is 0. The van der Waals surface area contributed by atoms with Crippen molar-refractivity contribution in [1.82, 2.24) is 4.90 Å². The molecule has 6 rings (SSSR count). The van der Waals surface area contributed by atoms with Crippen molar-refractivity contribution in [2.45, 2.75) is 37.2 Å². The van der Waals surface area contributed by atoms with E-state index in [1.54, 1.807) is 7.11 Å². The van der Waals surface area contributed by atoms with Crippen LogP contribution in [0.15, 0.2) is 23.7 Å². The summed E-state index contributed by atoms with van der Waals surface area (Å²) in [6, 6.07) is 0.493. The second kappa shape index (κ2) is 3.83. The molecule has 4 unspecified atom stereocenters. The summed E-state index contributed by atoms with van der Waals surface area (Å²) in [5.41, 5.74) is -0.0846. The number of carbonyl (C=O) groups excluding carboxylic acids is 1. The molecule has 3 aliphatic heterocycles. The number of hydrogen-bond donors (Lipinski definition) is 0. The highest BCUT2D eigenvalue weighted by atomic mass is 16.6. The molecule has 0 amide bonds. The second-order valence-corrected chi connectivity index (χ2v) is 8.03. The molecule has 5 nitrogen and oxygen atoms in total. The standard InChI is InChI=1S/C18H21NO4/c1-19-6-5-18-11-8-3-4-10(21-2)14(11)23-17(18)13(20)16-15(22-16)12(18)9(19)7-8/h3-4,8-9,11-12,15-17H,5-7H2,1-2H3/t8?,9-,11?,12-,15?,16?,17+,18-/m1/s1. The molecule has 23 heavy (non-hydrogen) atoms. The number of carbonyl (C=O) groups is 1. The maximum atomic E-state index is 12.9. The Bertz CT molecular complexity index is 685. The molecule has 0 aromatic carbocycles. The van der Waals surface area contributed by atoms with E-state index in [2.05, 4.69) is 18.0 Å². The Hall–Kier alpha value is -1.33. The molecule has 0 N–H and O–H groups in total. The van der Waals surface area contributed by atoms with Crippen LogP contribution in [0.25, 0.3) is 0 Å². The van der Waals surface area contributed by atoms with Gasteiger partial charge in [-0.2, -0.15) is 0 Å². The zero-order valence-corrected chi connectivity index (χ0v) is 13.4. The van der Waals surface area contributed by atoms with Gasteiger partial charge in [0.2, 0.25) is 5.78 Å². The number of allylic oxidation sites excluding steroid dienone is 3. The fourth-order valence-corrected chi connectivity index (χ4v) is 6.54. The highest BCUT2D eigenvalue weighted by Crippen LogP contribution is 2.70. The minimum Gasteiger partial charge on any atom is -0.493 e. The summed E-state index contributed by atoms with van der Waals surface area (Å²) < 4.78 is 17.7. The fraction of sp³-hybridized carbons (Fsp3) is 0.722. The van der Waals surface area contributed by atoms with Crippen molar-refractivity contribution in [3.05, 3.63) is 23.7 Å². The molecule has 3 saturated heterocycles. The minimum atomic E-state index is -0.333. The van der Waals surface area contributed by atoms with Gasteiger partial charge in [0.1, 0.15) is 11.9 Å². The van der Waals surface area contributed by atoms with Crippen LogP contribution < -0.4 is 0 Å². The summed E-state index contributed by atoms with van der Waals surface area (Å²) >= 11 is 0. The van der Waals surface area contributed by atoms with Crippen LogP contribution in [-0.4, -0.2) is 55.7 Å². The molecule has 8 atom stereocenters. The maximum Gasteiger partial charge on any atom is 0.205 e. The number of hydrogen-bond acceptors (Lipinski definition) is 5. The lowest BCUT2D eigenvalue weighted by Crippen LogP contribution is -2.68. The van der Waals surface area contributed by atoms with E-state index in [9.17, 15) is 4.79 Å². The summed E-state index contributed by atoms with van der Waals surface area (Å²) in [7, 11) is 3.91. The molecule has 3 heterocycles. The lowest BCUT2D eigenvalue weighted by Gasteiger charge is -2.59. The molecular formula is C18H21NO4. The smallest absolute Gasteiger partial charge is 0.205 e. The number of nitrogens with zero attached hydrogens (tertiary/aromatic N) is 1. The summed E-state index contributed by atoms with van der Waals surface area (Å²) in [4.78, 5) is 15.4. The first-order valence-corrected chi connectivity index (χ1v) is 8.69. The zero-order chi connectivity index (χ0) is 15.5. The number of likely N-dealkylation sites (tertiary alicyclic amines) is 1. The number of methoxy groups -OCH3 is 1. The SMILES string of the molecule is COC1=C2O[C@H]3C(=O)C4OC4[C@H]4[C@H]5CC(C=C1)C2[C@@]34CCN5C. The van der Waals surface area contributed by atoms with E-state index in [1.807, 2.05) is 6.08 Å². The van der Waals surface area contributed by atoms with Crippen LogP contribution in [0.4, 0.5) is 0 Å². The Morgan fingerprint density at radius 1 is 1.43 bits per heavy atom. The van der Waals surface area contributed by atoms with Crippen LogP contribution >= 0.6 is 0 Å². The maximum absolute atomic E-state index is 12.9. The molecule has 6 aliphatic rings. The van der Waals surface area contributed by atoms with Gasteiger partial charge in [-0.3, -0.25) is 4.79 Å². The van der Waals surface area contributed by atoms with E-state index in [0.717, 1.165) is 30.9 Å². The van der Waals surface area contributed by atoms with E-state index < -0.39 is 0 Å². The number of ether oxygens (including phenoxy) is 3. The quantitative estimate of drug-likeness (QED) is 0.679. The molecule has 0 aromatic heterocycles. The van der Waals surface area contributed by atoms with Crippen LogP contribution in [0, 0.1) is 23.2 Å². The Morgan fingerprint density at radius 3 is 3.13 bits per heavy atom. The lowest BCUT2D eigenvalue weighted by atomic mass is 9.46. The number of Topliss-reactive ketones (excluding diaryl/α,β-unsaturated/α-hetero) is 1. The molecule has 2 saturated carbocycles. The topological polar surface area (TPSA) is 51.3 Å². The Kier molecular flexibility index (Phi) is 2.17. The van der Waals surface area contributed by atoms with Crippen LogP contribution in [0.3, 0.4) is 0 Å². The molecule has 5 fully saturated rings. The zero-order valence-electron chi connectivity index (χ0n) is 13.4. The second-order valence-electron chi connectivity index (χ2n) is 8.03. The van der Waals surface area contributed by atoms with Gasteiger partial charge in [-0.1, -0.05) is 6.08 Å². The van der Waals surface area contributed by atoms with Crippen molar-refractivity contribution in [2.75, 3.05) is 20.7 Å². The molecule has 0 aromatic rings. The van der Waals surface area contributed by atoms with Crippen molar-refractivity contribution in [3.8, 4) is 0 Å². The Balaban J connectivity index is 1.59. The van der Waals surface area contributed by atoms with Crippen LogP contribution in [0.2, 0.25) is 0 Å². The molecule has 122 valence electrons. The van der Waals surface area contributed by atoms with Crippen molar-refractivity contribution >= 4 is 5.78 Å². The van der Waals surface area contributed by atoms with Gasteiger partial charge < -0.3 is 19.1 Å².